The second-order valence-corrected chi connectivity index (χ2v) is 8.82. The third-order valence-electron chi connectivity index (χ3n) is 3.80. The van der Waals surface area contributed by atoms with Gasteiger partial charge in [0, 0.05) is 0 Å². The third-order valence-corrected chi connectivity index (χ3v) is 6.50. The lowest BCUT2D eigenvalue weighted by molar-refractivity contribution is 0.275. The van der Waals surface area contributed by atoms with Crippen LogP contribution >= 0.6 is 7.92 Å². The maximum atomic E-state index is 5.92. The van der Waals surface area contributed by atoms with Crippen molar-refractivity contribution in [1.82, 2.24) is 0 Å². The lowest BCUT2D eigenvalue weighted by Gasteiger charge is -2.25. The van der Waals surface area contributed by atoms with E-state index in [4.69, 9.17) is 9.73 Å². The molecular formula is C19H22NOP. The highest BCUT2D eigenvalue weighted by molar-refractivity contribution is 7.74. The zero-order valence-electron chi connectivity index (χ0n) is 13.4. The van der Waals surface area contributed by atoms with Crippen LogP contribution in [0.3, 0.4) is 0 Å². The molecule has 0 saturated heterocycles. The highest BCUT2D eigenvalue weighted by Gasteiger charge is 2.33. The Bertz CT molecular complexity index is 612. The van der Waals surface area contributed by atoms with E-state index in [2.05, 4.69) is 81.4 Å². The summed E-state index contributed by atoms with van der Waals surface area (Å²) in [5, 5.41) is 2.74. The SMILES string of the molecule is C[C@@H](C1=NC(C)(C)CO1)P(c1ccccc1)c1ccccc1. The summed E-state index contributed by atoms with van der Waals surface area (Å²) in [4.78, 5) is 4.80. The van der Waals surface area contributed by atoms with Crippen LogP contribution in [0.15, 0.2) is 65.7 Å². The van der Waals surface area contributed by atoms with Crippen LogP contribution in [0.2, 0.25) is 0 Å². The molecule has 3 rings (SSSR count). The van der Waals surface area contributed by atoms with Crippen molar-refractivity contribution in [2.75, 3.05) is 6.61 Å². The van der Waals surface area contributed by atoms with E-state index in [1.807, 2.05) is 0 Å². The van der Waals surface area contributed by atoms with Gasteiger partial charge in [-0.05, 0) is 39.3 Å². The molecule has 0 radical (unpaired) electrons. The largest absolute Gasteiger partial charge is 0.478 e. The minimum absolute atomic E-state index is 0.0992. The molecule has 2 nitrogen and oxygen atoms in total. The van der Waals surface area contributed by atoms with E-state index in [0.29, 0.717) is 6.61 Å². The fourth-order valence-electron chi connectivity index (χ4n) is 2.71. The molecule has 0 unspecified atom stereocenters. The molecule has 0 saturated carbocycles. The second kappa shape index (κ2) is 6.22. The summed E-state index contributed by atoms with van der Waals surface area (Å²) in [6, 6.07) is 21.5. The molecule has 114 valence electrons. The lowest BCUT2D eigenvalue weighted by Crippen LogP contribution is -2.26. The highest BCUT2D eigenvalue weighted by atomic mass is 31.1. The molecular weight excluding hydrogens is 289 g/mol. The molecule has 0 aromatic heterocycles. The van der Waals surface area contributed by atoms with E-state index in [1.165, 1.54) is 10.6 Å². The van der Waals surface area contributed by atoms with E-state index < -0.39 is 7.92 Å². The van der Waals surface area contributed by atoms with Gasteiger partial charge in [0.2, 0.25) is 0 Å². The second-order valence-electron chi connectivity index (χ2n) is 6.27. The van der Waals surface area contributed by atoms with Gasteiger partial charge < -0.3 is 4.74 Å². The van der Waals surface area contributed by atoms with Crippen LogP contribution < -0.4 is 10.6 Å². The van der Waals surface area contributed by atoms with Gasteiger partial charge in [-0.25, -0.2) is 4.99 Å². The Kier molecular flexibility index (Phi) is 4.31. The molecule has 2 aromatic carbocycles. The summed E-state index contributed by atoms with van der Waals surface area (Å²) in [6.45, 7) is 7.17. The van der Waals surface area contributed by atoms with Crippen LogP contribution in [0.4, 0.5) is 0 Å². The van der Waals surface area contributed by atoms with Crippen LogP contribution in [0.25, 0.3) is 0 Å². The number of rotatable bonds is 4. The maximum absolute atomic E-state index is 5.92. The van der Waals surface area contributed by atoms with Crippen molar-refractivity contribution in [3.8, 4) is 0 Å². The van der Waals surface area contributed by atoms with Crippen LogP contribution in [0, 0.1) is 0 Å². The van der Waals surface area contributed by atoms with Crippen LogP contribution in [0.5, 0.6) is 0 Å². The topological polar surface area (TPSA) is 21.6 Å². The first-order valence-electron chi connectivity index (χ1n) is 7.69. The molecule has 22 heavy (non-hydrogen) atoms. The molecule has 0 fully saturated rings. The van der Waals surface area contributed by atoms with Gasteiger partial charge in [0.15, 0.2) is 5.90 Å². The summed E-state index contributed by atoms with van der Waals surface area (Å²) in [7, 11) is -0.520. The molecule has 1 aliphatic heterocycles. The van der Waals surface area contributed by atoms with Crippen molar-refractivity contribution >= 4 is 24.4 Å². The Morgan fingerprint density at radius 2 is 1.45 bits per heavy atom. The van der Waals surface area contributed by atoms with Gasteiger partial charge in [-0.1, -0.05) is 60.7 Å². The van der Waals surface area contributed by atoms with Gasteiger partial charge >= 0.3 is 0 Å². The summed E-state index contributed by atoms with van der Waals surface area (Å²) in [5.74, 6) is 0.906. The molecule has 2 aromatic rings. The van der Waals surface area contributed by atoms with Gasteiger partial charge in [-0.2, -0.15) is 0 Å². The molecule has 1 atom stereocenters. The minimum Gasteiger partial charge on any atom is -0.478 e. The van der Waals surface area contributed by atoms with E-state index in [1.54, 1.807) is 0 Å². The van der Waals surface area contributed by atoms with E-state index >= 15 is 0 Å². The third kappa shape index (κ3) is 3.23. The average molecular weight is 311 g/mol. The quantitative estimate of drug-likeness (QED) is 0.789. The Labute approximate surface area is 134 Å². The summed E-state index contributed by atoms with van der Waals surface area (Å²) >= 11 is 0. The van der Waals surface area contributed by atoms with Gasteiger partial charge in [-0.3, -0.25) is 0 Å². The van der Waals surface area contributed by atoms with Crippen molar-refractivity contribution in [1.29, 1.82) is 0 Å². The first-order valence-corrected chi connectivity index (χ1v) is 9.10. The minimum atomic E-state index is -0.520. The Morgan fingerprint density at radius 1 is 0.955 bits per heavy atom. The van der Waals surface area contributed by atoms with Crippen molar-refractivity contribution in [2.45, 2.75) is 32.0 Å². The number of aliphatic imine (C=N–C) groups is 1. The van der Waals surface area contributed by atoms with E-state index in [-0.39, 0.29) is 11.2 Å². The molecule has 1 aliphatic rings. The molecule has 0 aliphatic carbocycles. The van der Waals surface area contributed by atoms with E-state index in [0.717, 1.165) is 5.90 Å². The van der Waals surface area contributed by atoms with Crippen molar-refractivity contribution in [3.05, 3.63) is 60.7 Å². The zero-order chi connectivity index (χ0) is 15.6. The number of benzene rings is 2. The normalized spacial score (nSPS) is 17.9. The fourth-order valence-corrected chi connectivity index (χ4v) is 5.24. The molecule has 0 bridgehead atoms. The highest BCUT2D eigenvalue weighted by Crippen LogP contribution is 2.41. The van der Waals surface area contributed by atoms with Gasteiger partial charge in [0.25, 0.3) is 0 Å². The van der Waals surface area contributed by atoms with Crippen LogP contribution in [-0.2, 0) is 4.74 Å². The van der Waals surface area contributed by atoms with Gasteiger partial charge in [-0.15, -0.1) is 0 Å². The molecule has 0 amide bonds. The zero-order valence-corrected chi connectivity index (χ0v) is 14.3. The summed E-state index contributed by atoms with van der Waals surface area (Å²) in [5.41, 5.74) is 0.180. The summed E-state index contributed by atoms with van der Waals surface area (Å²) in [6.07, 6.45) is 0. The molecule has 0 N–H and O–H groups in total. The molecule has 0 spiro atoms. The lowest BCUT2D eigenvalue weighted by atomic mass is 10.1. The van der Waals surface area contributed by atoms with Crippen LogP contribution in [-0.4, -0.2) is 23.7 Å². The van der Waals surface area contributed by atoms with Crippen LogP contribution in [0.1, 0.15) is 20.8 Å². The number of ether oxygens (including phenoxy) is 1. The van der Waals surface area contributed by atoms with Crippen molar-refractivity contribution in [2.24, 2.45) is 4.99 Å². The van der Waals surface area contributed by atoms with Crippen molar-refractivity contribution < 1.29 is 4.74 Å². The molecule has 3 heteroatoms. The van der Waals surface area contributed by atoms with Gasteiger partial charge in [0.05, 0.1) is 11.2 Å². The number of nitrogens with zero attached hydrogens (tertiary/aromatic N) is 1. The smallest absolute Gasteiger partial charge is 0.191 e. The van der Waals surface area contributed by atoms with Gasteiger partial charge in [0.1, 0.15) is 6.61 Å². The average Bonchev–Trinajstić information content (AvgIpc) is 2.90. The Hall–Kier alpha value is -1.66. The maximum Gasteiger partial charge on any atom is 0.191 e. The molecule has 1 heterocycles. The van der Waals surface area contributed by atoms with E-state index in [9.17, 15) is 0 Å². The Balaban J connectivity index is 2.00. The standard InChI is InChI=1S/C19H22NOP/c1-15(18-20-19(2,3)14-21-18)22(16-10-6-4-7-11-16)17-12-8-5-9-13-17/h4-13,15H,14H2,1-3H3/t15-/m0/s1. The van der Waals surface area contributed by atoms with Crippen molar-refractivity contribution in [3.63, 3.8) is 0 Å². The first kappa shape index (κ1) is 15.2. The fraction of sp³-hybridized carbons (Fsp3) is 0.316. The summed E-state index contributed by atoms with van der Waals surface area (Å²) < 4.78 is 5.92. The monoisotopic (exact) mass is 311 g/mol. The predicted octanol–water partition coefficient (Wildman–Crippen LogP) is 3.72. The first-order chi connectivity index (χ1) is 10.6. The predicted molar refractivity (Wildman–Crippen MR) is 96.0 cm³/mol. The number of hydrogen-bond acceptors (Lipinski definition) is 2. The Morgan fingerprint density at radius 3 is 1.86 bits per heavy atom. The number of hydrogen-bond donors (Lipinski definition) is 0.